The molecule has 0 spiro atoms. The van der Waals surface area contributed by atoms with Crippen LogP contribution < -0.4 is 20.9 Å². The molecule has 192 valence electrons. The van der Waals surface area contributed by atoms with Crippen molar-refractivity contribution >= 4 is 34.8 Å². The van der Waals surface area contributed by atoms with Crippen LogP contribution in [0.15, 0.2) is 17.1 Å². The molecule has 2 N–H and O–H groups in total. The van der Waals surface area contributed by atoms with Crippen LogP contribution in [-0.4, -0.2) is 39.0 Å². The van der Waals surface area contributed by atoms with Gasteiger partial charge >= 0.3 is 0 Å². The summed E-state index contributed by atoms with van der Waals surface area (Å²) in [7, 11) is 1.45. The Morgan fingerprint density at radius 1 is 1.29 bits per heavy atom. The largest absolute Gasteiger partial charge is 0.480 e. The Morgan fingerprint density at radius 3 is 2.63 bits per heavy atom. The van der Waals surface area contributed by atoms with Crippen LogP contribution in [0.2, 0.25) is 10.2 Å². The predicted octanol–water partition coefficient (Wildman–Crippen LogP) is 4.34. The van der Waals surface area contributed by atoms with Crippen molar-refractivity contribution < 1.29 is 9.53 Å². The number of halogens is 2. The maximum Gasteiger partial charge on any atom is 0.288 e. The van der Waals surface area contributed by atoms with Gasteiger partial charge in [0, 0.05) is 11.6 Å². The smallest absolute Gasteiger partial charge is 0.288 e. The van der Waals surface area contributed by atoms with Gasteiger partial charge in [0.05, 0.1) is 25.0 Å². The number of ether oxygens (including phenoxy) is 1. The van der Waals surface area contributed by atoms with E-state index in [1.54, 1.807) is 13.0 Å². The Hall–Kier alpha value is -2.39. The number of methoxy groups -OCH3 is 1. The first-order valence-corrected chi connectivity index (χ1v) is 12.5. The number of nitrogens with one attached hydrogen (secondary N) is 2. The molecule has 11 heteroatoms. The monoisotopic (exact) mass is 524 g/mol. The van der Waals surface area contributed by atoms with Gasteiger partial charge < -0.3 is 15.4 Å². The highest BCUT2D eigenvalue weighted by molar-refractivity contribution is 6.33. The van der Waals surface area contributed by atoms with E-state index in [9.17, 15) is 9.59 Å². The third kappa shape index (κ3) is 5.72. The van der Waals surface area contributed by atoms with E-state index in [-0.39, 0.29) is 34.1 Å². The fourth-order valence-electron chi connectivity index (χ4n) is 4.78. The molecule has 1 saturated carbocycles. The summed E-state index contributed by atoms with van der Waals surface area (Å²) in [6.07, 6.45) is 2.48. The van der Waals surface area contributed by atoms with Crippen LogP contribution in [-0.2, 0) is 11.3 Å². The molecule has 9 nitrogen and oxygen atoms in total. The van der Waals surface area contributed by atoms with Gasteiger partial charge in [-0.2, -0.15) is 5.10 Å². The number of carbonyl (C=O) groups excluding carboxylic acids is 1. The SMILES string of the molecule is COc1nnc(Cl)cc1C(C)NC(=O)Cn1ncc(N[C@@H]2C[C@H](C)C(C)(C)[C@H](C)[C@H]2C)c(Cl)c1=O. The minimum atomic E-state index is -0.532. The van der Waals surface area contributed by atoms with Crippen LogP contribution in [0.5, 0.6) is 5.88 Å². The van der Waals surface area contributed by atoms with E-state index in [4.69, 9.17) is 27.9 Å². The molecule has 1 unspecified atom stereocenters. The molecule has 0 aliphatic heterocycles. The Labute approximate surface area is 215 Å². The number of nitrogens with zero attached hydrogens (tertiary/aromatic N) is 4. The number of anilines is 1. The van der Waals surface area contributed by atoms with Gasteiger partial charge in [0.15, 0.2) is 5.15 Å². The van der Waals surface area contributed by atoms with Crippen LogP contribution in [0, 0.1) is 23.2 Å². The molecule has 1 aliphatic rings. The Morgan fingerprint density at radius 2 is 1.97 bits per heavy atom. The van der Waals surface area contributed by atoms with Crippen molar-refractivity contribution in [3.63, 3.8) is 0 Å². The third-order valence-corrected chi connectivity index (χ3v) is 8.44. The van der Waals surface area contributed by atoms with Crippen molar-refractivity contribution in [2.45, 2.75) is 66.6 Å². The van der Waals surface area contributed by atoms with Crippen molar-refractivity contribution in [3.05, 3.63) is 38.4 Å². The van der Waals surface area contributed by atoms with Crippen LogP contribution in [0.3, 0.4) is 0 Å². The fraction of sp³-hybridized carbons (Fsp3) is 0.625. The maximum absolute atomic E-state index is 12.9. The maximum atomic E-state index is 12.9. The summed E-state index contributed by atoms with van der Waals surface area (Å²) in [5.41, 5.74) is 0.747. The van der Waals surface area contributed by atoms with Crippen molar-refractivity contribution in [2.24, 2.45) is 23.2 Å². The molecule has 0 saturated heterocycles. The Balaban J connectivity index is 1.71. The zero-order chi connectivity index (χ0) is 26.1. The fourth-order valence-corrected chi connectivity index (χ4v) is 5.14. The van der Waals surface area contributed by atoms with Gasteiger partial charge in [-0.1, -0.05) is 57.8 Å². The number of hydrogen-bond acceptors (Lipinski definition) is 7. The van der Waals surface area contributed by atoms with Gasteiger partial charge in [0.2, 0.25) is 11.8 Å². The summed E-state index contributed by atoms with van der Waals surface area (Å²) < 4.78 is 6.23. The molecule has 2 aromatic rings. The lowest BCUT2D eigenvalue weighted by atomic mass is 9.58. The summed E-state index contributed by atoms with van der Waals surface area (Å²) in [4.78, 5) is 25.5. The van der Waals surface area contributed by atoms with E-state index in [1.165, 1.54) is 13.3 Å². The molecule has 0 aromatic carbocycles. The van der Waals surface area contributed by atoms with E-state index in [0.717, 1.165) is 11.1 Å². The summed E-state index contributed by atoms with van der Waals surface area (Å²) in [5, 5.41) is 18.2. The molecule has 3 rings (SSSR count). The molecule has 2 aromatic heterocycles. The number of amides is 1. The third-order valence-electron chi connectivity index (χ3n) is 7.89. The molecule has 0 radical (unpaired) electrons. The molecule has 1 aliphatic carbocycles. The highest BCUT2D eigenvalue weighted by Crippen LogP contribution is 2.48. The average molecular weight is 525 g/mol. The molecular formula is C24H34Cl2N6O3. The van der Waals surface area contributed by atoms with Gasteiger partial charge in [-0.15, -0.1) is 10.2 Å². The molecule has 0 bridgehead atoms. The summed E-state index contributed by atoms with van der Waals surface area (Å²) in [6, 6.07) is 1.25. The average Bonchev–Trinajstić information content (AvgIpc) is 2.81. The standard InChI is InChI=1S/C24H34Cl2N6O3/c1-12-8-17(13(2)14(3)24(12,5)6)29-18-10-27-32(23(34)21(18)26)11-20(33)28-15(4)16-9-19(25)30-31-22(16)35-7/h9-10,12-15,17,29H,8,11H2,1-7H3,(H,28,33)/t12-,13+,14+,15?,17+/m0/s1. The lowest BCUT2D eigenvalue weighted by Gasteiger charge is -2.50. The van der Waals surface area contributed by atoms with Crippen LogP contribution in [0.25, 0.3) is 0 Å². The van der Waals surface area contributed by atoms with Gasteiger partial charge in [-0.3, -0.25) is 9.59 Å². The second-order valence-corrected chi connectivity index (χ2v) is 10.9. The molecule has 35 heavy (non-hydrogen) atoms. The van der Waals surface area contributed by atoms with Crippen molar-refractivity contribution in [3.8, 4) is 5.88 Å². The number of carbonyl (C=O) groups is 1. The summed E-state index contributed by atoms with van der Waals surface area (Å²) in [5.74, 6) is 1.21. The molecule has 1 fully saturated rings. The topological polar surface area (TPSA) is 111 Å². The van der Waals surface area contributed by atoms with E-state index in [1.807, 2.05) is 0 Å². The number of rotatable bonds is 7. The van der Waals surface area contributed by atoms with Crippen molar-refractivity contribution in [1.82, 2.24) is 25.3 Å². The van der Waals surface area contributed by atoms with Gasteiger partial charge in [-0.05, 0) is 42.6 Å². The summed E-state index contributed by atoms with van der Waals surface area (Å²) >= 11 is 12.4. The van der Waals surface area contributed by atoms with E-state index >= 15 is 0 Å². The molecule has 5 atom stereocenters. The van der Waals surface area contributed by atoms with E-state index < -0.39 is 17.5 Å². The molecule has 1 amide bonds. The van der Waals surface area contributed by atoms with Crippen LogP contribution in [0.1, 0.15) is 59.6 Å². The zero-order valence-corrected chi connectivity index (χ0v) is 22.7. The summed E-state index contributed by atoms with van der Waals surface area (Å²) in [6.45, 7) is 12.8. The van der Waals surface area contributed by atoms with Crippen molar-refractivity contribution in [2.75, 3.05) is 12.4 Å². The Bertz CT molecular complexity index is 1140. The second-order valence-electron chi connectivity index (χ2n) is 10.1. The van der Waals surface area contributed by atoms with Gasteiger partial charge in [0.1, 0.15) is 11.6 Å². The zero-order valence-electron chi connectivity index (χ0n) is 21.2. The first-order valence-electron chi connectivity index (χ1n) is 11.7. The Kier molecular flexibility index (Phi) is 8.32. The lowest BCUT2D eigenvalue weighted by Crippen LogP contribution is -2.48. The first kappa shape index (κ1) is 27.2. The first-order chi connectivity index (χ1) is 16.4. The van der Waals surface area contributed by atoms with Crippen LogP contribution in [0.4, 0.5) is 5.69 Å². The molecular weight excluding hydrogens is 491 g/mol. The van der Waals surface area contributed by atoms with E-state index in [2.05, 4.69) is 60.5 Å². The number of aromatic nitrogens is 4. The van der Waals surface area contributed by atoms with Gasteiger partial charge in [0.25, 0.3) is 5.56 Å². The highest BCUT2D eigenvalue weighted by Gasteiger charge is 2.43. The lowest BCUT2D eigenvalue weighted by molar-refractivity contribution is -0.122. The minimum absolute atomic E-state index is 0.0185. The predicted molar refractivity (Wildman–Crippen MR) is 137 cm³/mol. The molecule has 2 heterocycles. The van der Waals surface area contributed by atoms with Gasteiger partial charge in [-0.25, -0.2) is 4.68 Å². The van der Waals surface area contributed by atoms with E-state index in [0.29, 0.717) is 29.0 Å². The second kappa shape index (κ2) is 10.7. The van der Waals surface area contributed by atoms with Crippen LogP contribution >= 0.6 is 23.2 Å². The quantitative estimate of drug-likeness (QED) is 0.553. The van der Waals surface area contributed by atoms with Crippen molar-refractivity contribution in [1.29, 1.82) is 0 Å². The number of hydrogen-bond donors (Lipinski definition) is 2. The normalized spacial score (nSPS) is 24.5. The minimum Gasteiger partial charge on any atom is -0.480 e. The highest BCUT2D eigenvalue weighted by atomic mass is 35.5.